The van der Waals surface area contributed by atoms with Crippen LogP contribution >= 0.6 is 0 Å². The van der Waals surface area contributed by atoms with Crippen LogP contribution in [0.5, 0.6) is 0 Å². The molecule has 5 heteroatoms. The topological polar surface area (TPSA) is 56.0 Å². The van der Waals surface area contributed by atoms with Crippen molar-refractivity contribution >= 4 is 16.3 Å². The number of fused-ring (bicyclic) bond motifs is 3. The van der Waals surface area contributed by atoms with Gasteiger partial charge in [0.05, 0.1) is 16.9 Å². The molecule has 0 N–H and O–H groups in total. The van der Waals surface area contributed by atoms with Crippen LogP contribution < -0.4 is 0 Å². The van der Waals surface area contributed by atoms with Gasteiger partial charge in [-0.3, -0.25) is 0 Å². The third kappa shape index (κ3) is 4.63. The summed E-state index contributed by atoms with van der Waals surface area (Å²) in [5.41, 5.74) is 8.01. The molecule has 5 aromatic carbocycles. The summed E-state index contributed by atoms with van der Waals surface area (Å²) in [4.78, 5) is 14.8. The molecule has 0 amide bonds. The van der Waals surface area contributed by atoms with Crippen molar-refractivity contribution in [2.75, 3.05) is 0 Å². The molecule has 0 bridgehead atoms. The van der Waals surface area contributed by atoms with Gasteiger partial charge >= 0.3 is 0 Å². The van der Waals surface area contributed by atoms with E-state index in [1.54, 1.807) is 0 Å². The smallest absolute Gasteiger partial charge is 0.164 e. The Balaban J connectivity index is 1.35. The number of rotatable bonds is 5. The standard InChI is InChI=1S/C38H25N5/c1-5-13-26(14-6-1)33-25-35-32-22-21-30(23-31(32)24-34(43(35)42-33)27-15-7-2-8-16-27)38-40-36(28-17-9-3-10-18-28)39-37(41-38)29-19-11-4-12-20-29/h1-25H. The van der Waals surface area contributed by atoms with Crippen LogP contribution in [-0.2, 0) is 0 Å². The lowest BCUT2D eigenvalue weighted by Crippen LogP contribution is -2.00. The van der Waals surface area contributed by atoms with Crippen LogP contribution in [0.1, 0.15) is 0 Å². The van der Waals surface area contributed by atoms with E-state index in [0.29, 0.717) is 17.5 Å². The van der Waals surface area contributed by atoms with Crippen LogP contribution in [0.25, 0.3) is 73.0 Å². The Morgan fingerprint density at radius 2 is 0.884 bits per heavy atom. The molecule has 0 spiro atoms. The monoisotopic (exact) mass is 551 g/mol. The molecule has 0 atom stereocenters. The molecule has 0 aliphatic heterocycles. The van der Waals surface area contributed by atoms with Gasteiger partial charge in [0.1, 0.15) is 0 Å². The maximum atomic E-state index is 5.06. The fourth-order valence-corrected chi connectivity index (χ4v) is 5.52. The summed E-state index contributed by atoms with van der Waals surface area (Å²) in [7, 11) is 0. The van der Waals surface area contributed by atoms with E-state index >= 15 is 0 Å². The zero-order valence-electron chi connectivity index (χ0n) is 23.2. The van der Waals surface area contributed by atoms with E-state index in [0.717, 1.165) is 55.5 Å². The molecule has 0 saturated carbocycles. The molecule has 8 rings (SSSR count). The Morgan fingerprint density at radius 3 is 1.44 bits per heavy atom. The fraction of sp³-hybridized carbons (Fsp3) is 0. The number of aromatic nitrogens is 5. The number of pyridine rings is 1. The third-order valence-electron chi connectivity index (χ3n) is 7.65. The summed E-state index contributed by atoms with van der Waals surface area (Å²) in [5.74, 6) is 1.93. The van der Waals surface area contributed by atoms with Crippen molar-refractivity contribution in [2.24, 2.45) is 0 Å². The first-order valence-electron chi connectivity index (χ1n) is 14.2. The molecule has 0 fully saturated rings. The molecule has 3 aromatic heterocycles. The zero-order chi connectivity index (χ0) is 28.6. The summed E-state index contributed by atoms with van der Waals surface area (Å²) in [6.45, 7) is 0. The quantitative estimate of drug-likeness (QED) is 0.214. The van der Waals surface area contributed by atoms with Gasteiger partial charge in [-0.1, -0.05) is 133 Å². The van der Waals surface area contributed by atoms with Gasteiger partial charge in [-0.2, -0.15) is 5.10 Å². The maximum Gasteiger partial charge on any atom is 0.164 e. The van der Waals surface area contributed by atoms with Crippen molar-refractivity contribution in [3.05, 3.63) is 152 Å². The molecule has 202 valence electrons. The minimum atomic E-state index is 0.634. The Kier molecular flexibility index (Phi) is 6.05. The van der Waals surface area contributed by atoms with Gasteiger partial charge in [-0.05, 0) is 23.6 Å². The average molecular weight is 552 g/mol. The van der Waals surface area contributed by atoms with E-state index in [-0.39, 0.29) is 0 Å². The molecule has 0 aliphatic carbocycles. The van der Waals surface area contributed by atoms with Gasteiger partial charge in [0.15, 0.2) is 17.5 Å². The minimum absolute atomic E-state index is 0.634. The van der Waals surface area contributed by atoms with Gasteiger partial charge in [0.25, 0.3) is 0 Å². The zero-order valence-corrected chi connectivity index (χ0v) is 23.2. The van der Waals surface area contributed by atoms with Crippen LogP contribution in [0.15, 0.2) is 152 Å². The predicted molar refractivity (Wildman–Crippen MR) is 173 cm³/mol. The average Bonchev–Trinajstić information content (AvgIpc) is 3.55. The normalized spacial score (nSPS) is 11.3. The molecule has 8 aromatic rings. The Bertz CT molecular complexity index is 2150. The summed E-state index contributed by atoms with van der Waals surface area (Å²) in [5, 5.41) is 7.26. The van der Waals surface area contributed by atoms with Crippen LogP contribution in [0.2, 0.25) is 0 Å². The van der Waals surface area contributed by atoms with Gasteiger partial charge in [-0.15, -0.1) is 0 Å². The predicted octanol–water partition coefficient (Wildman–Crippen LogP) is 9.01. The highest BCUT2D eigenvalue weighted by Crippen LogP contribution is 2.34. The number of nitrogens with zero attached hydrogens (tertiary/aromatic N) is 5. The van der Waals surface area contributed by atoms with E-state index in [9.17, 15) is 0 Å². The van der Waals surface area contributed by atoms with Crippen LogP contribution in [-0.4, -0.2) is 24.6 Å². The summed E-state index contributed by atoms with van der Waals surface area (Å²) in [6, 6.07) is 51.6. The highest BCUT2D eigenvalue weighted by molar-refractivity contribution is 6.01. The molecule has 5 nitrogen and oxygen atoms in total. The molecule has 0 saturated heterocycles. The Morgan fingerprint density at radius 1 is 0.395 bits per heavy atom. The number of benzene rings is 5. The van der Waals surface area contributed by atoms with Gasteiger partial charge in [-0.25, -0.2) is 19.5 Å². The van der Waals surface area contributed by atoms with Crippen LogP contribution in [0.4, 0.5) is 0 Å². The van der Waals surface area contributed by atoms with E-state index in [4.69, 9.17) is 20.1 Å². The number of hydrogen-bond donors (Lipinski definition) is 0. The van der Waals surface area contributed by atoms with Crippen LogP contribution in [0, 0.1) is 0 Å². The lowest BCUT2D eigenvalue weighted by Gasteiger charge is -2.11. The first-order valence-corrected chi connectivity index (χ1v) is 14.2. The molecule has 0 unspecified atom stereocenters. The largest absolute Gasteiger partial charge is 0.232 e. The van der Waals surface area contributed by atoms with Crippen molar-refractivity contribution in [1.29, 1.82) is 0 Å². The molecular formula is C38H25N5. The second-order valence-corrected chi connectivity index (χ2v) is 10.4. The van der Waals surface area contributed by atoms with Gasteiger partial charge in [0.2, 0.25) is 0 Å². The lowest BCUT2D eigenvalue weighted by molar-refractivity contribution is 0.979. The van der Waals surface area contributed by atoms with Gasteiger partial charge < -0.3 is 0 Å². The van der Waals surface area contributed by atoms with Crippen molar-refractivity contribution < 1.29 is 0 Å². The summed E-state index contributed by atoms with van der Waals surface area (Å²) < 4.78 is 2.06. The third-order valence-corrected chi connectivity index (χ3v) is 7.65. The van der Waals surface area contributed by atoms with E-state index in [2.05, 4.69) is 71.2 Å². The van der Waals surface area contributed by atoms with E-state index in [1.807, 2.05) is 84.9 Å². The first-order chi connectivity index (χ1) is 21.3. The number of hydrogen-bond acceptors (Lipinski definition) is 4. The van der Waals surface area contributed by atoms with Gasteiger partial charge in [0, 0.05) is 33.2 Å². The summed E-state index contributed by atoms with van der Waals surface area (Å²) in [6.07, 6.45) is 0. The summed E-state index contributed by atoms with van der Waals surface area (Å²) >= 11 is 0. The second-order valence-electron chi connectivity index (χ2n) is 10.4. The minimum Gasteiger partial charge on any atom is -0.232 e. The van der Waals surface area contributed by atoms with E-state index < -0.39 is 0 Å². The van der Waals surface area contributed by atoms with Crippen LogP contribution in [0.3, 0.4) is 0 Å². The van der Waals surface area contributed by atoms with Crippen molar-refractivity contribution in [1.82, 2.24) is 24.6 Å². The molecule has 43 heavy (non-hydrogen) atoms. The SMILES string of the molecule is c1ccc(-c2cc3c4ccc(-c5nc(-c6ccccc6)nc(-c6ccccc6)n5)cc4cc(-c4ccccc4)n3n2)cc1. The van der Waals surface area contributed by atoms with Crippen molar-refractivity contribution in [3.8, 4) is 56.7 Å². The fourth-order valence-electron chi connectivity index (χ4n) is 5.52. The lowest BCUT2D eigenvalue weighted by atomic mass is 10.0. The maximum absolute atomic E-state index is 5.06. The Hall–Kier alpha value is -5.94. The molecule has 3 heterocycles. The second kappa shape index (κ2) is 10.5. The first kappa shape index (κ1) is 24.8. The van der Waals surface area contributed by atoms with Crippen molar-refractivity contribution in [3.63, 3.8) is 0 Å². The van der Waals surface area contributed by atoms with Crippen molar-refractivity contribution in [2.45, 2.75) is 0 Å². The Labute approximate surface area is 248 Å². The van der Waals surface area contributed by atoms with E-state index in [1.165, 1.54) is 0 Å². The highest BCUT2D eigenvalue weighted by Gasteiger charge is 2.16. The molecule has 0 aliphatic rings. The molecular weight excluding hydrogens is 526 g/mol. The highest BCUT2D eigenvalue weighted by atomic mass is 15.2. The molecule has 0 radical (unpaired) electrons.